The third-order valence-electron chi connectivity index (χ3n) is 3.15. The molecule has 1 fully saturated rings. The van der Waals surface area contributed by atoms with Crippen molar-refractivity contribution in [3.8, 4) is 0 Å². The van der Waals surface area contributed by atoms with Crippen LogP contribution in [-0.4, -0.2) is 40.3 Å². The number of aliphatic hydroxyl groups excluding tert-OH is 1. The van der Waals surface area contributed by atoms with E-state index in [0.29, 0.717) is 30.9 Å². The first-order valence-electron chi connectivity index (χ1n) is 5.68. The van der Waals surface area contributed by atoms with E-state index in [4.69, 9.17) is 11.1 Å². The van der Waals surface area contributed by atoms with Crippen molar-refractivity contribution >= 4 is 11.7 Å². The average molecular weight is 235 g/mol. The summed E-state index contributed by atoms with van der Waals surface area (Å²) in [4.78, 5) is 2.03. The van der Waals surface area contributed by atoms with Gasteiger partial charge in [-0.2, -0.15) is 5.10 Å². The second-order valence-corrected chi connectivity index (χ2v) is 4.46. The van der Waals surface area contributed by atoms with Crippen LogP contribution in [0.4, 0.5) is 5.82 Å². The maximum atomic E-state index is 9.69. The van der Waals surface area contributed by atoms with Crippen molar-refractivity contribution < 1.29 is 5.11 Å². The van der Waals surface area contributed by atoms with E-state index in [1.807, 2.05) is 11.8 Å². The Balaban J connectivity index is 2.25. The number of nitrogens with two attached hydrogens (primary N) is 1. The molecule has 92 valence electrons. The lowest BCUT2D eigenvalue weighted by molar-refractivity contribution is 0.0968. The Hall–Kier alpha value is -1.69. The van der Waals surface area contributed by atoms with Gasteiger partial charge in [0.05, 0.1) is 17.9 Å². The Morgan fingerprint density at radius 2 is 2.41 bits per heavy atom. The molecule has 2 unspecified atom stereocenters. The summed E-state index contributed by atoms with van der Waals surface area (Å²) in [5.41, 5.74) is 6.12. The molecule has 1 saturated heterocycles. The van der Waals surface area contributed by atoms with Gasteiger partial charge in [-0.3, -0.25) is 5.41 Å². The number of hydrogen-bond acceptors (Lipinski definition) is 5. The monoisotopic (exact) mass is 235 g/mol. The van der Waals surface area contributed by atoms with Crippen LogP contribution in [0.1, 0.15) is 18.9 Å². The molecule has 0 aliphatic carbocycles. The van der Waals surface area contributed by atoms with Gasteiger partial charge >= 0.3 is 0 Å². The van der Waals surface area contributed by atoms with Gasteiger partial charge in [-0.05, 0) is 18.4 Å². The number of rotatable bonds is 2. The molecule has 0 bridgehead atoms. The Labute approximate surface area is 100.0 Å². The molecule has 2 heterocycles. The topological polar surface area (TPSA) is 99.1 Å². The van der Waals surface area contributed by atoms with Crippen LogP contribution < -0.4 is 10.6 Å². The maximum Gasteiger partial charge on any atom is 0.162 e. The highest BCUT2D eigenvalue weighted by Crippen LogP contribution is 2.23. The van der Waals surface area contributed by atoms with Crippen LogP contribution in [0.3, 0.4) is 0 Å². The van der Waals surface area contributed by atoms with Crippen LogP contribution >= 0.6 is 0 Å². The number of anilines is 1. The fourth-order valence-electron chi connectivity index (χ4n) is 2.09. The van der Waals surface area contributed by atoms with Crippen LogP contribution in [-0.2, 0) is 0 Å². The molecule has 0 spiro atoms. The van der Waals surface area contributed by atoms with Crippen molar-refractivity contribution in [2.45, 2.75) is 19.4 Å². The molecule has 4 N–H and O–H groups in total. The first-order chi connectivity index (χ1) is 8.09. The number of hydrogen-bond donors (Lipinski definition) is 3. The molecule has 1 aliphatic heterocycles. The predicted octanol–water partition coefficient (Wildman–Crippen LogP) is -0.0322. The average Bonchev–Trinajstić information content (AvgIpc) is 2.32. The minimum atomic E-state index is -0.260. The summed E-state index contributed by atoms with van der Waals surface area (Å²) in [6.45, 7) is 3.42. The van der Waals surface area contributed by atoms with Crippen LogP contribution in [0.15, 0.2) is 12.3 Å². The molecule has 6 heteroatoms. The molecule has 1 aromatic rings. The van der Waals surface area contributed by atoms with E-state index >= 15 is 0 Å². The van der Waals surface area contributed by atoms with Crippen molar-refractivity contribution in [1.29, 1.82) is 5.41 Å². The number of nitrogens with zero attached hydrogens (tertiary/aromatic N) is 3. The van der Waals surface area contributed by atoms with Crippen molar-refractivity contribution in [3.63, 3.8) is 0 Å². The molecule has 0 aromatic carbocycles. The van der Waals surface area contributed by atoms with Crippen LogP contribution in [0, 0.1) is 11.3 Å². The van der Waals surface area contributed by atoms with Crippen LogP contribution in [0.2, 0.25) is 0 Å². The van der Waals surface area contributed by atoms with Crippen molar-refractivity contribution in [3.05, 3.63) is 17.8 Å². The number of aromatic nitrogens is 2. The zero-order valence-corrected chi connectivity index (χ0v) is 9.80. The van der Waals surface area contributed by atoms with Gasteiger partial charge in [-0.15, -0.1) is 5.10 Å². The fourth-order valence-corrected chi connectivity index (χ4v) is 2.09. The van der Waals surface area contributed by atoms with Gasteiger partial charge in [0.15, 0.2) is 5.82 Å². The Kier molecular flexibility index (Phi) is 3.23. The summed E-state index contributed by atoms with van der Waals surface area (Å²) in [5.74, 6) is 0.818. The van der Waals surface area contributed by atoms with E-state index in [-0.39, 0.29) is 17.9 Å². The predicted molar refractivity (Wildman–Crippen MR) is 65.0 cm³/mol. The summed E-state index contributed by atoms with van der Waals surface area (Å²) in [6, 6.07) is 1.69. The van der Waals surface area contributed by atoms with Crippen molar-refractivity contribution in [2.24, 2.45) is 11.7 Å². The van der Waals surface area contributed by atoms with Crippen LogP contribution in [0.25, 0.3) is 0 Å². The van der Waals surface area contributed by atoms with Gasteiger partial charge in [0.25, 0.3) is 0 Å². The number of piperidine rings is 1. The highest BCUT2D eigenvalue weighted by Gasteiger charge is 2.26. The number of nitrogen functional groups attached to an aromatic ring is 1. The van der Waals surface area contributed by atoms with Gasteiger partial charge < -0.3 is 15.7 Å². The number of nitrogens with one attached hydrogen (secondary N) is 1. The molecule has 0 radical (unpaired) electrons. The zero-order valence-electron chi connectivity index (χ0n) is 9.80. The van der Waals surface area contributed by atoms with Crippen molar-refractivity contribution in [1.82, 2.24) is 10.2 Å². The first-order valence-corrected chi connectivity index (χ1v) is 5.68. The molecule has 2 atom stereocenters. The minimum Gasteiger partial charge on any atom is -0.393 e. The van der Waals surface area contributed by atoms with E-state index in [1.54, 1.807) is 6.07 Å². The molecule has 0 saturated carbocycles. The quantitative estimate of drug-likeness (QED) is 0.494. The first kappa shape index (κ1) is 11.8. The van der Waals surface area contributed by atoms with Crippen molar-refractivity contribution in [2.75, 3.05) is 18.0 Å². The molecular weight excluding hydrogens is 218 g/mol. The third-order valence-corrected chi connectivity index (χ3v) is 3.15. The van der Waals surface area contributed by atoms with E-state index in [0.717, 1.165) is 0 Å². The second-order valence-electron chi connectivity index (χ2n) is 4.46. The summed E-state index contributed by atoms with van der Waals surface area (Å²) in [5, 5.41) is 25.1. The largest absolute Gasteiger partial charge is 0.393 e. The normalized spacial score (nSPS) is 24.7. The summed E-state index contributed by atoms with van der Waals surface area (Å²) in [7, 11) is 0. The number of aliphatic hydroxyl groups is 1. The standard InChI is InChI=1S/C11H17N5O/c1-7-6-16(5-3-9(7)17)11-8(10(12)13)2-4-14-15-11/h2,4,7,9,17H,3,5-6H2,1H3,(H3,12,13). The van der Waals surface area contributed by atoms with E-state index < -0.39 is 0 Å². The molecular formula is C11H17N5O. The Bertz CT molecular complexity index is 422. The second kappa shape index (κ2) is 4.67. The molecule has 1 aliphatic rings. The lowest BCUT2D eigenvalue weighted by Gasteiger charge is -2.35. The SMILES string of the molecule is CC1CN(c2nnccc2C(=N)N)CCC1O. The number of amidine groups is 1. The fraction of sp³-hybridized carbons (Fsp3) is 0.545. The molecule has 2 rings (SSSR count). The van der Waals surface area contributed by atoms with E-state index in [9.17, 15) is 5.11 Å². The van der Waals surface area contributed by atoms with Gasteiger partial charge in [0, 0.05) is 13.1 Å². The molecule has 0 amide bonds. The van der Waals surface area contributed by atoms with Gasteiger partial charge in [-0.25, -0.2) is 0 Å². The molecule has 6 nitrogen and oxygen atoms in total. The van der Waals surface area contributed by atoms with Gasteiger partial charge in [-0.1, -0.05) is 6.92 Å². The Morgan fingerprint density at radius 1 is 1.65 bits per heavy atom. The lowest BCUT2D eigenvalue weighted by atomic mass is 9.96. The Morgan fingerprint density at radius 3 is 3.06 bits per heavy atom. The highest BCUT2D eigenvalue weighted by molar-refractivity contribution is 5.99. The minimum absolute atomic E-state index is 0.00586. The third kappa shape index (κ3) is 2.36. The van der Waals surface area contributed by atoms with Gasteiger partial charge in [0.1, 0.15) is 5.84 Å². The summed E-state index contributed by atoms with van der Waals surface area (Å²) in [6.07, 6.45) is 1.97. The van der Waals surface area contributed by atoms with Crippen LogP contribution in [0.5, 0.6) is 0 Å². The molecule has 17 heavy (non-hydrogen) atoms. The summed E-state index contributed by atoms with van der Waals surface area (Å²) >= 11 is 0. The van der Waals surface area contributed by atoms with E-state index in [2.05, 4.69) is 10.2 Å². The smallest absolute Gasteiger partial charge is 0.162 e. The van der Waals surface area contributed by atoms with E-state index in [1.165, 1.54) is 6.20 Å². The highest BCUT2D eigenvalue weighted by atomic mass is 16.3. The maximum absolute atomic E-state index is 9.69. The lowest BCUT2D eigenvalue weighted by Crippen LogP contribution is -2.43. The van der Waals surface area contributed by atoms with Gasteiger partial charge in [0.2, 0.25) is 0 Å². The zero-order chi connectivity index (χ0) is 12.4. The molecule has 1 aromatic heterocycles. The summed E-state index contributed by atoms with van der Waals surface area (Å²) < 4.78 is 0.